The SMILES string of the molecule is CCN1CCC[C@H]1CCC(=O)c1cc(S(=O)(=O)CC)c(N)cc1OC. The number of nitrogens with two attached hydrogens (primary N) is 1. The smallest absolute Gasteiger partial charge is 0.180 e. The van der Waals surface area contributed by atoms with Crippen LogP contribution in [0.4, 0.5) is 5.69 Å². The Bertz CT molecular complexity index is 731. The molecule has 1 saturated heterocycles. The van der Waals surface area contributed by atoms with E-state index in [1.807, 2.05) is 0 Å². The molecule has 2 N–H and O–H groups in total. The number of methoxy groups -OCH3 is 1. The molecule has 1 atom stereocenters. The van der Waals surface area contributed by atoms with Crippen LogP contribution in [0, 0.1) is 0 Å². The van der Waals surface area contributed by atoms with Crippen molar-refractivity contribution in [2.24, 2.45) is 0 Å². The normalized spacial score (nSPS) is 18.4. The monoisotopic (exact) mass is 368 g/mol. The van der Waals surface area contributed by atoms with E-state index in [-0.39, 0.29) is 22.1 Å². The highest BCUT2D eigenvalue weighted by Gasteiger charge is 2.26. The van der Waals surface area contributed by atoms with Crippen LogP contribution in [-0.4, -0.2) is 51.1 Å². The zero-order valence-electron chi connectivity index (χ0n) is 15.2. The molecule has 25 heavy (non-hydrogen) atoms. The summed E-state index contributed by atoms with van der Waals surface area (Å²) in [6.45, 7) is 5.76. The molecule has 1 aliphatic rings. The number of sulfone groups is 1. The average molecular weight is 368 g/mol. The highest BCUT2D eigenvalue weighted by molar-refractivity contribution is 7.91. The Morgan fingerprint density at radius 2 is 2.08 bits per heavy atom. The lowest BCUT2D eigenvalue weighted by atomic mass is 10.0. The summed E-state index contributed by atoms with van der Waals surface area (Å²) in [5.41, 5.74) is 6.27. The molecule has 0 amide bonds. The van der Waals surface area contributed by atoms with Crippen molar-refractivity contribution < 1.29 is 17.9 Å². The van der Waals surface area contributed by atoms with Crippen LogP contribution in [0.5, 0.6) is 5.75 Å². The zero-order valence-corrected chi connectivity index (χ0v) is 16.1. The van der Waals surface area contributed by atoms with Gasteiger partial charge >= 0.3 is 0 Å². The van der Waals surface area contributed by atoms with Crippen LogP contribution in [0.1, 0.15) is 49.9 Å². The lowest BCUT2D eigenvalue weighted by Crippen LogP contribution is -2.29. The maximum absolute atomic E-state index is 12.7. The lowest BCUT2D eigenvalue weighted by molar-refractivity contribution is 0.0964. The molecule has 0 unspecified atom stereocenters. The molecule has 6 nitrogen and oxygen atoms in total. The first-order chi connectivity index (χ1) is 11.8. The summed E-state index contributed by atoms with van der Waals surface area (Å²) in [4.78, 5) is 15.1. The van der Waals surface area contributed by atoms with Gasteiger partial charge in [0.15, 0.2) is 15.6 Å². The minimum Gasteiger partial charge on any atom is -0.496 e. The van der Waals surface area contributed by atoms with Crippen molar-refractivity contribution in [3.8, 4) is 5.75 Å². The Kier molecular flexibility index (Phi) is 6.46. The van der Waals surface area contributed by atoms with Crippen molar-refractivity contribution in [2.75, 3.05) is 31.7 Å². The number of ether oxygens (including phenoxy) is 1. The Balaban J connectivity index is 2.24. The van der Waals surface area contributed by atoms with E-state index in [2.05, 4.69) is 11.8 Å². The van der Waals surface area contributed by atoms with E-state index in [0.29, 0.717) is 23.8 Å². The quantitative estimate of drug-likeness (QED) is 0.560. The van der Waals surface area contributed by atoms with Crippen molar-refractivity contribution >= 4 is 21.3 Å². The van der Waals surface area contributed by atoms with Crippen molar-refractivity contribution in [1.82, 2.24) is 4.90 Å². The highest BCUT2D eigenvalue weighted by atomic mass is 32.2. The predicted octanol–water partition coefficient (Wildman–Crippen LogP) is 2.52. The van der Waals surface area contributed by atoms with Gasteiger partial charge in [-0.25, -0.2) is 8.42 Å². The van der Waals surface area contributed by atoms with Crippen LogP contribution >= 0.6 is 0 Å². The summed E-state index contributed by atoms with van der Waals surface area (Å²) in [5.74, 6) is 0.161. The standard InChI is InChI=1S/C18H28N2O4S/c1-4-20-10-6-7-13(20)8-9-16(21)14-11-18(25(22,23)5-2)15(19)12-17(14)24-3/h11-13H,4-10,19H2,1-3H3/t13-/m0/s1. The first-order valence-corrected chi connectivity index (χ1v) is 10.5. The molecule has 1 heterocycles. The first kappa shape index (κ1) is 19.7. The molecule has 0 radical (unpaired) electrons. The number of hydrogen-bond acceptors (Lipinski definition) is 6. The molecule has 0 aliphatic carbocycles. The number of ketones is 1. The summed E-state index contributed by atoms with van der Waals surface area (Å²) in [6.07, 6.45) is 3.41. The number of likely N-dealkylation sites (tertiary alicyclic amines) is 1. The molecule has 140 valence electrons. The molecule has 1 aliphatic heterocycles. The van der Waals surface area contributed by atoms with Crippen molar-refractivity contribution in [3.05, 3.63) is 17.7 Å². The van der Waals surface area contributed by atoms with Crippen LogP contribution in [0.3, 0.4) is 0 Å². The van der Waals surface area contributed by atoms with Gasteiger partial charge in [-0.2, -0.15) is 0 Å². The van der Waals surface area contributed by atoms with Gasteiger partial charge in [0, 0.05) is 18.5 Å². The topological polar surface area (TPSA) is 89.7 Å². The van der Waals surface area contributed by atoms with Gasteiger partial charge in [-0.15, -0.1) is 0 Å². The van der Waals surface area contributed by atoms with Crippen molar-refractivity contribution in [2.45, 2.75) is 50.5 Å². The van der Waals surface area contributed by atoms with Crippen LogP contribution in [0.2, 0.25) is 0 Å². The Hall–Kier alpha value is -1.60. The molecule has 7 heteroatoms. The van der Waals surface area contributed by atoms with Gasteiger partial charge in [0.1, 0.15) is 5.75 Å². The molecule has 0 bridgehead atoms. The fourth-order valence-corrected chi connectivity index (χ4v) is 4.48. The third-order valence-electron chi connectivity index (χ3n) is 4.96. The second kappa shape index (κ2) is 8.19. The number of hydrogen-bond donors (Lipinski definition) is 1. The zero-order chi connectivity index (χ0) is 18.6. The molecule has 1 aromatic carbocycles. The average Bonchev–Trinajstić information content (AvgIpc) is 3.06. The summed E-state index contributed by atoms with van der Waals surface area (Å²) < 4.78 is 29.7. The fraction of sp³-hybridized carbons (Fsp3) is 0.611. The molecule has 2 rings (SSSR count). The minimum absolute atomic E-state index is 0.00945. The Morgan fingerprint density at radius 3 is 2.68 bits per heavy atom. The number of rotatable bonds is 8. The number of Topliss-reactive ketones (excluding diaryl/α,β-unsaturated/α-hetero) is 1. The van der Waals surface area contributed by atoms with Crippen LogP contribution in [0.25, 0.3) is 0 Å². The summed E-state index contributed by atoms with van der Waals surface area (Å²) in [5, 5.41) is 0. The van der Waals surface area contributed by atoms with E-state index >= 15 is 0 Å². The summed E-state index contributed by atoms with van der Waals surface area (Å²) >= 11 is 0. The van der Waals surface area contributed by atoms with Crippen LogP contribution < -0.4 is 10.5 Å². The van der Waals surface area contributed by atoms with E-state index in [9.17, 15) is 13.2 Å². The van der Waals surface area contributed by atoms with Gasteiger partial charge < -0.3 is 15.4 Å². The van der Waals surface area contributed by atoms with Crippen molar-refractivity contribution in [3.63, 3.8) is 0 Å². The number of anilines is 1. The van der Waals surface area contributed by atoms with E-state index in [1.54, 1.807) is 6.92 Å². The molecule has 0 aromatic heterocycles. The van der Waals surface area contributed by atoms with Gasteiger partial charge in [-0.1, -0.05) is 13.8 Å². The highest BCUT2D eigenvalue weighted by Crippen LogP contribution is 2.31. The minimum atomic E-state index is -3.49. The van der Waals surface area contributed by atoms with Crippen LogP contribution in [0.15, 0.2) is 17.0 Å². The van der Waals surface area contributed by atoms with Gasteiger partial charge in [-0.05, 0) is 38.4 Å². The lowest BCUT2D eigenvalue weighted by Gasteiger charge is -2.22. The van der Waals surface area contributed by atoms with Gasteiger partial charge in [-0.3, -0.25) is 4.79 Å². The second-order valence-electron chi connectivity index (χ2n) is 6.38. The Labute approximate surface area is 150 Å². The molecule has 1 aromatic rings. The van der Waals surface area contributed by atoms with Gasteiger partial charge in [0.25, 0.3) is 0 Å². The summed E-state index contributed by atoms with van der Waals surface area (Å²) in [6, 6.07) is 3.23. The van der Waals surface area contributed by atoms with E-state index < -0.39 is 9.84 Å². The second-order valence-corrected chi connectivity index (χ2v) is 8.63. The molecular weight excluding hydrogens is 340 g/mol. The molecule has 1 fully saturated rings. The molecule has 0 saturated carbocycles. The number of nitrogen functional groups attached to an aromatic ring is 1. The first-order valence-electron chi connectivity index (χ1n) is 8.81. The fourth-order valence-electron chi connectivity index (χ4n) is 3.46. The maximum atomic E-state index is 12.7. The molecular formula is C18H28N2O4S. The van der Waals surface area contributed by atoms with Gasteiger partial charge in [0.05, 0.1) is 29.0 Å². The van der Waals surface area contributed by atoms with Gasteiger partial charge in [0.2, 0.25) is 0 Å². The summed E-state index contributed by atoms with van der Waals surface area (Å²) in [7, 11) is -2.04. The molecule has 0 spiro atoms. The number of nitrogens with zero attached hydrogens (tertiary/aromatic N) is 1. The maximum Gasteiger partial charge on any atom is 0.180 e. The third kappa shape index (κ3) is 4.33. The number of carbonyl (C=O) groups is 1. The van der Waals surface area contributed by atoms with E-state index in [4.69, 9.17) is 10.5 Å². The van der Waals surface area contributed by atoms with Crippen molar-refractivity contribution in [1.29, 1.82) is 0 Å². The number of benzene rings is 1. The Morgan fingerprint density at radius 1 is 1.36 bits per heavy atom. The van der Waals surface area contributed by atoms with Crippen LogP contribution in [-0.2, 0) is 9.84 Å². The van der Waals surface area contributed by atoms with E-state index in [0.717, 1.165) is 32.4 Å². The van der Waals surface area contributed by atoms with E-state index in [1.165, 1.54) is 19.2 Å². The predicted molar refractivity (Wildman–Crippen MR) is 99.0 cm³/mol. The third-order valence-corrected chi connectivity index (χ3v) is 6.74. The largest absolute Gasteiger partial charge is 0.496 e. The number of carbonyl (C=O) groups excluding carboxylic acids is 1.